The van der Waals surface area contributed by atoms with E-state index in [2.05, 4.69) is 5.32 Å². The standard InChI is InChI=1S/C7H11F3N2O/c1-11-6(13)12(5-2-3-5)4-7(8,9)10/h5H,2-4H2,1H3,(H,11,13). The maximum atomic E-state index is 12.0. The summed E-state index contributed by atoms with van der Waals surface area (Å²) in [5.74, 6) is 0. The maximum absolute atomic E-state index is 12.0. The number of urea groups is 1. The van der Waals surface area contributed by atoms with E-state index in [0.29, 0.717) is 12.8 Å². The van der Waals surface area contributed by atoms with E-state index in [-0.39, 0.29) is 6.04 Å². The lowest BCUT2D eigenvalue weighted by atomic mass is 10.5. The Hall–Kier alpha value is -0.940. The predicted molar refractivity (Wildman–Crippen MR) is 40.2 cm³/mol. The monoisotopic (exact) mass is 196 g/mol. The third-order valence-electron chi connectivity index (χ3n) is 1.81. The van der Waals surface area contributed by atoms with E-state index in [9.17, 15) is 18.0 Å². The molecule has 0 saturated heterocycles. The number of hydrogen-bond donors (Lipinski definition) is 1. The summed E-state index contributed by atoms with van der Waals surface area (Å²) >= 11 is 0. The van der Waals surface area contributed by atoms with Crippen LogP contribution in [0.25, 0.3) is 0 Å². The van der Waals surface area contributed by atoms with Crippen molar-refractivity contribution in [2.24, 2.45) is 0 Å². The molecule has 1 rings (SSSR count). The summed E-state index contributed by atoms with van der Waals surface area (Å²) in [6, 6.07) is -0.874. The van der Waals surface area contributed by atoms with Crippen LogP contribution in [0.1, 0.15) is 12.8 Å². The van der Waals surface area contributed by atoms with Gasteiger partial charge in [-0.3, -0.25) is 0 Å². The van der Waals surface area contributed by atoms with Crippen LogP contribution in [0.15, 0.2) is 0 Å². The smallest absolute Gasteiger partial charge is 0.341 e. The first-order valence-electron chi connectivity index (χ1n) is 3.99. The molecule has 0 radical (unpaired) electrons. The highest BCUT2D eigenvalue weighted by atomic mass is 19.4. The molecule has 0 aromatic carbocycles. The minimum absolute atomic E-state index is 0.221. The number of amides is 2. The highest BCUT2D eigenvalue weighted by Gasteiger charge is 2.40. The van der Waals surface area contributed by atoms with Crippen LogP contribution in [-0.4, -0.2) is 36.7 Å². The molecule has 0 aliphatic heterocycles. The molecule has 1 aliphatic rings. The van der Waals surface area contributed by atoms with Gasteiger partial charge in [-0.05, 0) is 12.8 Å². The molecule has 0 aromatic rings. The first-order chi connectivity index (χ1) is 5.94. The van der Waals surface area contributed by atoms with E-state index in [0.717, 1.165) is 4.90 Å². The fourth-order valence-corrected chi connectivity index (χ4v) is 1.09. The summed E-state index contributed by atoms with van der Waals surface area (Å²) in [4.78, 5) is 11.8. The molecule has 3 nitrogen and oxygen atoms in total. The molecule has 1 saturated carbocycles. The van der Waals surface area contributed by atoms with E-state index < -0.39 is 18.8 Å². The van der Waals surface area contributed by atoms with Crippen LogP contribution in [0, 0.1) is 0 Å². The fourth-order valence-electron chi connectivity index (χ4n) is 1.09. The summed E-state index contributed by atoms with van der Waals surface area (Å²) in [6.45, 7) is -1.16. The van der Waals surface area contributed by atoms with E-state index in [1.807, 2.05) is 0 Å². The Morgan fingerprint density at radius 1 is 1.54 bits per heavy atom. The molecule has 0 unspecified atom stereocenters. The first kappa shape index (κ1) is 10.1. The van der Waals surface area contributed by atoms with Gasteiger partial charge in [-0.2, -0.15) is 13.2 Å². The third kappa shape index (κ3) is 3.12. The van der Waals surface area contributed by atoms with Crippen molar-refractivity contribution >= 4 is 6.03 Å². The Labute approximate surface area is 73.9 Å². The van der Waals surface area contributed by atoms with Crippen molar-refractivity contribution in [3.05, 3.63) is 0 Å². The molecule has 0 aromatic heterocycles. The van der Waals surface area contributed by atoms with Crippen molar-refractivity contribution in [1.82, 2.24) is 10.2 Å². The molecule has 0 bridgehead atoms. The first-order valence-corrected chi connectivity index (χ1v) is 3.99. The molecule has 76 valence electrons. The topological polar surface area (TPSA) is 32.3 Å². The molecule has 0 heterocycles. The van der Waals surface area contributed by atoms with Crippen molar-refractivity contribution in [1.29, 1.82) is 0 Å². The molecule has 2 amide bonds. The second-order valence-corrected chi connectivity index (χ2v) is 3.03. The Bertz CT molecular complexity index is 200. The van der Waals surface area contributed by atoms with Gasteiger partial charge in [0.1, 0.15) is 6.54 Å². The Morgan fingerprint density at radius 2 is 2.08 bits per heavy atom. The Morgan fingerprint density at radius 3 is 2.38 bits per heavy atom. The molecule has 1 N–H and O–H groups in total. The number of nitrogens with one attached hydrogen (secondary N) is 1. The van der Waals surface area contributed by atoms with Gasteiger partial charge >= 0.3 is 12.2 Å². The van der Waals surface area contributed by atoms with Gasteiger partial charge in [0, 0.05) is 13.1 Å². The van der Waals surface area contributed by atoms with Crippen molar-refractivity contribution in [3.8, 4) is 0 Å². The van der Waals surface area contributed by atoms with Crippen molar-refractivity contribution in [3.63, 3.8) is 0 Å². The van der Waals surface area contributed by atoms with Crippen molar-refractivity contribution in [2.45, 2.75) is 25.1 Å². The van der Waals surface area contributed by atoms with Gasteiger partial charge in [0.05, 0.1) is 0 Å². The average Bonchev–Trinajstić information content (AvgIpc) is 2.79. The number of rotatable bonds is 2. The zero-order valence-corrected chi connectivity index (χ0v) is 7.19. The zero-order chi connectivity index (χ0) is 10.1. The van der Waals surface area contributed by atoms with Gasteiger partial charge in [-0.25, -0.2) is 4.79 Å². The predicted octanol–water partition coefficient (Wildman–Crippen LogP) is 1.35. The Balaban J connectivity index is 2.52. The second-order valence-electron chi connectivity index (χ2n) is 3.03. The van der Waals surface area contributed by atoms with Crippen LogP contribution in [0.4, 0.5) is 18.0 Å². The minimum Gasteiger partial charge on any atom is -0.341 e. The van der Waals surface area contributed by atoms with Crippen molar-refractivity contribution < 1.29 is 18.0 Å². The lowest BCUT2D eigenvalue weighted by molar-refractivity contribution is -0.140. The van der Waals surface area contributed by atoms with E-state index in [1.165, 1.54) is 7.05 Å². The summed E-state index contributed by atoms with van der Waals surface area (Å²) in [6.07, 6.45) is -2.97. The molecule has 1 fully saturated rings. The van der Waals surface area contributed by atoms with Crippen LogP contribution in [-0.2, 0) is 0 Å². The van der Waals surface area contributed by atoms with Gasteiger partial charge in [0.25, 0.3) is 0 Å². The van der Waals surface area contributed by atoms with Crippen LogP contribution >= 0.6 is 0 Å². The Kier molecular flexibility index (Phi) is 2.68. The fraction of sp³-hybridized carbons (Fsp3) is 0.857. The number of alkyl halides is 3. The quantitative estimate of drug-likeness (QED) is 0.710. The lowest BCUT2D eigenvalue weighted by Crippen LogP contribution is -2.44. The molecular weight excluding hydrogens is 185 g/mol. The highest BCUT2D eigenvalue weighted by Crippen LogP contribution is 2.29. The number of halogens is 3. The minimum atomic E-state index is -4.31. The summed E-state index contributed by atoms with van der Waals surface area (Å²) in [7, 11) is 1.33. The lowest BCUT2D eigenvalue weighted by Gasteiger charge is -2.22. The number of carbonyl (C=O) groups is 1. The maximum Gasteiger partial charge on any atom is 0.406 e. The van der Waals surface area contributed by atoms with Crippen LogP contribution in [0.5, 0.6) is 0 Å². The van der Waals surface area contributed by atoms with E-state index in [1.54, 1.807) is 0 Å². The number of hydrogen-bond acceptors (Lipinski definition) is 1. The zero-order valence-electron chi connectivity index (χ0n) is 7.19. The van der Waals surface area contributed by atoms with Gasteiger partial charge in [0.2, 0.25) is 0 Å². The van der Waals surface area contributed by atoms with Crippen LogP contribution in [0.3, 0.4) is 0 Å². The van der Waals surface area contributed by atoms with E-state index >= 15 is 0 Å². The van der Waals surface area contributed by atoms with Gasteiger partial charge in [0.15, 0.2) is 0 Å². The van der Waals surface area contributed by atoms with Crippen LogP contribution < -0.4 is 5.32 Å². The normalized spacial score (nSPS) is 16.9. The second kappa shape index (κ2) is 3.43. The molecule has 0 atom stereocenters. The largest absolute Gasteiger partial charge is 0.406 e. The number of carbonyl (C=O) groups excluding carboxylic acids is 1. The average molecular weight is 196 g/mol. The SMILES string of the molecule is CNC(=O)N(CC(F)(F)F)C1CC1. The van der Waals surface area contributed by atoms with Gasteiger partial charge in [-0.1, -0.05) is 0 Å². The summed E-state index contributed by atoms with van der Waals surface area (Å²) in [5.41, 5.74) is 0. The molecular formula is C7H11F3N2O. The van der Waals surface area contributed by atoms with E-state index in [4.69, 9.17) is 0 Å². The van der Waals surface area contributed by atoms with Crippen molar-refractivity contribution in [2.75, 3.05) is 13.6 Å². The molecule has 0 spiro atoms. The molecule has 6 heteroatoms. The molecule has 13 heavy (non-hydrogen) atoms. The number of nitrogens with zero attached hydrogens (tertiary/aromatic N) is 1. The van der Waals surface area contributed by atoms with Gasteiger partial charge in [-0.15, -0.1) is 0 Å². The summed E-state index contributed by atoms with van der Waals surface area (Å²) in [5, 5.41) is 2.20. The van der Waals surface area contributed by atoms with Crippen LogP contribution in [0.2, 0.25) is 0 Å². The van der Waals surface area contributed by atoms with Gasteiger partial charge < -0.3 is 10.2 Å². The third-order valence-corrected chi connectivity index (χ3v) is 1.81. The summed E-state index contributed by atoms with van der Waals surface area (Å²) < 4.78 is 35.9. The molecule has 1 aliphatic carbocycles. The highest BCUT2D eigenvalue weighted by molar-refractivity contribution is 5.74.